The van der Waals surface area contributed by atoms with E-state index in [-0.39, 0.29) is 0 Å². The fraction of sp³-hybridized carbons (Fsp3) is 0.429. The Kier molecular flexibility index (Phi) is 3.11. The maximum atomic E-state index is 10.6. The normalized spacial score (nSPS) is 10.2. The van der Waals surface area contributed by atoms with Gasteiger partial charge in [-0.3, -0.25) is 0 Å². The topological polar surface area (TPSA) is 50.2 Å². The number of carboxylic acids is 1. The molecule has 0 radical (unpaired) electrons. The van der Waals surface area contributed by atoms with Crippen molar-refractivity contribution in [3.63, 3.8) is 0 Å². The first-order valence-electron chi connectivity index (χ1n) is 3.33. The Morgan fingerprint density at radius 1 is 1.75 bits per heavy atom. The molecule has 0 aliphatic heterocycles. The van der Waals surface area contributed by atoms with Crippen LogP contribution in [-0.4, -0.2) is 22.3 Å². The molecule has 66 valence electrons. The van der Waals surface area contributed by atoms with E-state index < -0.39 is 5.97 Å². The molecule has 0 saturated heterocycles. The molecule has 1 heterocycles. The van der Waals surface area contributed by atoms with Crippen LogP contribution < -0.4 is 0 Å². The Bertz CT molecular complexity index is 296. The van der Waals surface area contributed by atoms with E-state index in [0.29, 0.717) is 10.6 Å². The summed E-state index contributed by atoms with van der Waals surface area (Å²) in [6.07, 6.45) is 1.97. The Balaban J connectivity index is 2.92. The average molecular weight is 203 g/mol. The number of rotatable bonds is 3. The van der Waals surface area contributed by atoms with Crippen LogP contribution >= 0.6 is 23.1 Å². The number of carboxylic acid groups (broad SMARTS) is 1. The standard InChI is InChI=1S/C7H9NO2S2/c1-4-6(7(9)10)12-5(8-4)3-11-2/h3H2,1-2H3,(H,9,10). The summed E-state index contributed by atoms with van der Waals surface area (Å²) in [4.78, 5) is 15.1. The van der Waals surface area contributed by atoms with E-state index in [2.05, 4.69) is 4.98 Å². The third-order valence-corrected chi connectivity index (χ3v) is 3.19. The van der Waals surface area contributed by atoms with Gasteiger partial charge >= 0.3 is 5.97 Å². The fourth-order valence-electron chi connectivity index (χ4n) is 0.836. The monoisotopic (exact) mass is 203 g/mol. The second-order valence-corrected chi connectivity index (χ2v) is 4.21. The summed E-state index contributed by atoms with van der Waals surface area (Å²) >= 11 is 2.90. The van der Waals surface area contributed by atoms with Gasteiger partial charge in [0.1, 0.15) is 9.88 Å². The lowest BCUT2D eigenvalue weighted by atomic mass is 10.4. The molecule has 1 rings (SSSR count). The predicted octanol–water partition coefficient (Wildman–Crippen LogP) is 2.01. The largest absolute Gasteiger partial charge is 0.477 e. The molecule has 0 saturated carbocycles. The van der Waals surface area contributed by atoms with Gasteiger partial charge in [-0.15, -0.1) is 11.3 Å². The van der Waals surface area contributed by atoms with Gasteiger partial charge in [0.25, 0.3) is 0 Å². The van der Waals surface area contributed by atoms with Gasteiger partial charge < -0.3 is 5.11 Å². The third kappa shape index (κ3) is 1.98. The van der Waals surface area contributed by atoms with Crippen molar-refractivity contribution < 1.29 is 9.90 Å². The van der Waals surface area contributed by atoms with Crippen molar-refractivity contribution in [2.24, 2.45) is 0 Å². The summed E-state index contributed by atoms with van der Waals surface area (Å²) in [6, 6.07) is 0. The number of aromatic nitrogens is 1. The van der Waals surface area contributed by atoms with E-state index in [0.717, 1.165) is 10.8 Å². The molecule has 0 aliphatic carbocycles. The number of aromatic carboxylic acids is 1. The molecule has 0 fully saturated rings. The van der Waals surface area contributed by atoms with Gasteiger partial charge in [0.15, 0.2) is 0 Å². The van der Waals surface area contributed by atoms with Crippen LogP contribution in [0.5, 0.6) is 0 Å². The molecule has 12 heavy (non-hydrogen) atoms. The van der Waals surface area contributed by atoms with Gasteiger partial charge in [-0.2, -0.15) is 11.8 Å². The number of hydrogen-bond donors (Lipinski definition) is 1. The van der Waals surface area contributed by atoms with Crippen LogP contribution in [0.15, 0.2) is 0 Å². The third-order valence-electron chi connectivity index (χ3n) is 1.30. The zero-order valence-electron chi connectivity index (χ0n) is 6.83. The summed E-state index contributed by atoms with van der Waals surface area (Å²) in [7, 11) is 0. The first-order chi connectivity index (χ1) is 5.65. The Morgan fingerprint density at radius 2 is 2.42 bits per heavy atom. The van der Waals surface area contributed by atoms with Gasteiger partial charge in [-0.1, -0.05) is 0 Å². The van der Waals surface area contributed by atoms with Gasteiger partial charge in [0.05, 0.1) is 5.69 Å². The molecule has 1 aromatic heterocycles. The second kappa shape index (κ2) is 3.91. The summed E-state index contributed by atoms with van der Waals surface area (Å²) in [5, 5.41) is 9.60. The van der Waals surface area contributed by atoms with Crippen molar-refractivity contribution in [2.75, 3.05) is 6.26 Å². The maximum absolute atomic E-state index is 10.6. The van der Waals surface area contributed by atoms with Crippen molar-refractivity contribution in [1.82, 2.24) is 4.98 Å². The molecular formula is C7H9NO2S2. The zero-order valence-corrected chi connectivity index (χ0v) is 8.46. The highest BCUT2D eigenvalue weighted by Crippen LogP contribution is 2.20. The van der Waals surface area contributed by atoms with E-state index in [9.17, 15) is 4.79 Å². The minimum atomic E-state index is -0.877. The molecule has 3 nitrogen and oxygen atoms in total. The van der Waals surface area contributed by atoms with Gasteiger partial charge in [0.2, 0.25) is 0 Å². The van der Waals surface area contributed by atoms with E-state index >= 15 is 0 Å². The molecule has 0 aromatic carbocycles. The van der Waals surface area contributed by atoms with E-state index in [4.69, 9.17) is 5.11 Å². The minimum Gasteiger partial charge on any atom is -0.477 e. The summed E-state index contributed by atoms with van der Waals surface area (Å²) < 4.78 is 0. The maximum Gasteiger partial charge on any atom is 0.347 e. The SMILES string of the molecule is CSCc1nc(C)c(C(=O)O)s1. The van der Waals surface area contributed by atoms with Crippen LogP contribution in [-0.2, 0) is 5.75 Å². The van der Waals surface area contributed by atoms with Crippen molar-refractivity contribution in [3.05, 3.63) is 15.6 Å². The van der Waals surface area contributed by atoms with Gasteiger partial charge in [-0.05, 0) is 13.2 Å². The first-order valence-corrected chi connectivity index (χ1v) is 5.54. The lowest BCUT2D eigenvalue weighted by Gasteiger charge is -1.85. The molecule has 0 amide bonds. The quantitative estimate of drug-likeness (QED) is 0.816. The lowest BCUT2D eigenvalue weighted by Crippen LogP contribution is -1.94. The molecule has 0 aliphatic rings. The Labute approximate surface area is 78.8 Å². The molecule has 0 spiro atoms. The predicted molar refractivity (Wildman–Crippen MR) is 51.0 cm³/mol. The Morgan fingerprint density at radius 3 is 2.83 bits per heavy atom. The smallest absolute Gasteiger partial charge is 0.347 e. The van der Waals surface area contributed by atoms with Crippen LogP contribution in [0.1, 0.15) is 20.4 Å². The molecule has 0 bridgehead atoms. The molecular weight excluding hydrogens is 194 g/mol. The highest BCUT2D eigenvalue weighted by molar-refractivity contribution is 7.97. The van der Waals surface area contributed by atoms with E-state index in [1.807, 2.05) is 6.26 Å². The van der Waals surface area contributed by atoms with Crippen molar-refractivity contribution in [3.8, 4) is 0 Å². The van der Waals surface area contributed by atoms with Crippen LogP contribution in [0.25, 0.3) is 0 Å². The molecule has 0 unspecified atom stereocenters. The van der Waals surface area contributed by atoms with Crippen LogP contribution in [0, 0.1) is 6.92 Å². The molecule has 5 heteroatoms. The van der Waals surface area contributed by atoms with E-state index in [1.54, 1.807) is 18.7 Å². The van der Waals surface area contributed by atoms with Crippen molar-refractivity contribution in [2.45, 2.75) is 12.7 Å². The Hall–Kier alpha value is -0.550. The van der Waals surface area contributed by atoms with Gasteiger partial charge in [-0.25, -0.2) is 9.78 Å². The highest BCUT2D eigenvalue weighted by Gasteiger charge is 2.12. The van der Waals surface area contributed by atoms with Crippen LogP contribution in [0.2, 0.25) is 0 Å². The zero-order chi connectivity index (χ0) is 9.14. The van der Waals surface area contributed by atoms with E-state index in [1.165, 1.54) is 11.3 Å². The minimum absolute atomic E-state index is 0.360. The molecule has 0 atom stereocenters. The van der Waals surface area contributed by atoms with Crippen LogP contribution in [0.3, 0.4) is 0 Å². The number of nitrogens with zero attached hydrogens (tertiary/aromatic N) is 1. The summed E-state index contributed by atoms with van der Waals surface area (Å²) in [5.74, 6) is -0.0870. The fourth-order valence-corrected chi connectivity index (χ4v) is 2.44. The number of hydrogen-bond acceptors (Lipinski definition) is 4. The average Bonchev–Trinajstić information content (AvgIpc) is 2.32. The first kappa shape index (κ1) is 9.54. The lowest BCUT2D eigenvalue weighted by molar-refractivity contribution is 0.0701. The molecule has 1 N–H and O–H groups in total. The van der Waals surface area contributed by atoms with Crippen molar-refractivity contribution >= 4 is 29.1 Å². The number of aryl methyl sites for hydroxylation is 1. The number of carbonyl (C=O) groups is 1. The van der Waals surface area contributed by atoms with Crippen LogP contribution in [0.4, 0.5) is 0 Å². The summed E-state index contributed by atoms with van der Waals surface area (Å²) in [5.41, 5.74) is 0.622. The summed E-state index contributed by atoms with van der Waals surface area (Å²) in [6.45, 7) is 1.73. The number of thioether (sulfide) groups is 1. The number of thiazole rings is 1. The highest BCUT2D eigenvalue weighted by atomic mass is 32.2. The second-order valence-electron chi connectivity index (χ2n) is 2.26. The molecule has 1 aromatic rings. The van der Waals surface area contributed by atoms with Crippen molar-refractivity contribution in [1.29, 1.82) is 0 Å². The van der Waals surface area contributed by atoms with Gasteiger partial charge in [0, 0.05) is 5.75 Å².